The summed E-state index contributed by atoms with van der Waals surface area (Å²) in [4.78, 5) is 7.99. The lowest BCUT2D eigenvalue weighted by Crippen LogP contribution is -2.39. The van der Waals surface area contributed by atoms with Crippen molar-refractivity contribution in [1.82, 2.24) is 9.97 Å². The van der Waals surface area contributed by atoms with Gasteiger partial charge in [-0.2, -0.15) is 10.2 Å². The number of nitrogens with two attached hydrogens (primary N) is 1. The number of hydrazine groups is 1. The van der Waals surface area contributed by atoms with Crippen LogP contribution in [0.3, 0.4) is 0 Å². The second-order valence-corrected chi connectivity index (χ2v) is 5.00. The van der Waals surface area contributed by atoms with E-state index in [4.69, 9.17) is 11.1 Å². The third kappa shape index (κ3) is 3.17. The molecule has 0 aliphatic carbocycles. The van der Waals surface area contributed by atoms with Gasteiger partial charge in [-0.15, -0.1) is 0 Å². The first kappa shape index (κ1) is 12.4. The summed E-state index contributed by atoms with van der Waals surface area (Å²) in [5.74, 6) is 6.70. The second kappa shape index (κ2) is 4.45. The van der Waals surface area contributed by atoms with Gasteiger partial charge < -0.3 is 0 Å². The lowest BCUT2D eigenvalue weighted by atomic mass is 9.96. The van der Waals surface area contributed by atoms with Crippen LogP contribution in [0.5, 0.6) is 0 Å². The van der Waals surface area contributed by atoms with Gasteiger partial charge in [0.15, 0.2) is 0 Å². The molecule has 0 unspecified atom stereocenters. The minimum Gasteiger partial charge on any atom is -0.294 e. The molecule has 1 aromatic heterocycles. The molecule has 0 atom stereocenters. The molecule has 0 bridgehead atoms. The standard InChI is InChI=1S/C11H17N5/c1-8-6-14-9(5-12)15-10(8)16(13)7-11(2,3)4/h6H,7,13H2,1-4H3. The van der Waals surface area contributed by atoms with Crippen LogP contribution in [0.4, 0.5) is 5.82 Å². The number of nitriles is 1. The van der Waals surface area contributed by atoms with Crippen LogP contribution in [0, 0.1) is 23.7 Å². The fourth-order valence-corrected chi connectivity index (χ4v) is 1.36. The first-order valence-corrected chi connectivity index (χ1v) is 5.09. The van der Waals surface area contributed by atoms with Crippen LogP contribution in [0.2, 0.25) is 0 Å². The first-order valence-electron chi connectivity index (χ1n) is 5.09. The Morgan fingerprint density at radius 2 is 2.12 bits per heavy atom. The minimum absolute atomic E-state index is 0.0684. The molecule has 0 spiro atoms. The molecule has 86 valence electrons. The van der Waals surface area contributed by atoms with Crippen LogP contribution < -0.4 is 10.9 Å². The molecule has 0 fully saturated rings. The molecular weight excluding hydrogens is 202 g/mol. The van der Waals surface area contributed by atoms with Crippen molar-refractivity contribution >= 4 is 5.82 Å². The highest BCUT2D eigenvalue weighted by molar-refractivity contribution is 5.44. The normalized spacial score (nSPS) is 11.0. The van der Waals surface area contributed by atoms with E-state index in [1.54, 1.807) is 11.2 Å². The number of aromatic nitrogens is 2. The fourth-order valence-electron chi connectivity index (χ4n) is 1.36. The van der Waals surface area contributed by atoms with Crippen LogP contribution in [0.25, 0.3) is 0 Å². The quantitative estimate of drug-likeness (QED) is 0.600. The Morgan fingerprint density at radius 3 is 2.62 bits per heavy atom. The van der Waals surface area contributed by atoms with Crippen molar-refractivity contribution in [2.45, 2.75) is 27.7 Å². The Balaban J connectivity index is 2.99. The van der Waals surface area contributed by atoms with E-state index in [0.717, 1.165) is 5.56 Å². The van der Waals surface area contributed by atoms with E-state index in [9.17, 15) is 0 Å². The maximum absolute atomic E-state index is 8.73. The zero-order chi connectivity index (χ0) is 12.3. The van der Waals surface area contributed by atoms with Gasteiger partial charge in [-0.3, -0.25) is 5.01 Å². The van der Waals surface area contributed by atoms with E-state index in [0.29, 0.717) is 12.4 Å². The predicted molar refractivity (Wildman–Crippen MR) is 62.5 cm³/mol. The summed E-state index contributed by atoms with van der Waals surface area (Å²) < 4.78 is 0. The van der Waals surface area contributed by atoms with Crippen molar-refractivity contribution in [3.63, 3.8) is 0 Å². The molecule has 16 heavy (non-hydrogen) atoms. The zero-order valence-electron chi connectivity index (χ0n) is 10.2. The summed E-state index contributed by atoms with van der Waals surface area (Å²) >= 11 is 0. The molecule has 0 aromatic carbocycles. The third-order valence-corrected chi connectivity index (χ3v) is 1.96. The van der Waals surface area contributed by atoms with E-state index < -0.39 is 0 Å². The van der Waals surface area contributed by atoms with E-state index in [1.165, 1.54) is 0 Å². The van der Waals surface area contributed by atoms with Gasteiger partial charge >= 0.3 is 0 Å². The largest absolute Gasteiger partial charge is 0.294 e. The summed E-state index contributed by atoms with van der Waals surface area (Å²) in [5, 5.41) is 10.3. The molecule has 0 saturated carbocycles. The summed E-state index contributed by atoms with van der Waals surface area (Å²) in [6, 6.07) is 1.91. The van der Waals surface area contributed by atoms with E-state index in [1.807, 2.05) is 13.0 Å². The number of aryl methyl sites for hydroxylation is 1. The molecular formula is C11H17N5. The van der Waals surface area contributed by atoms with Crippen LogP contribution in [-0.4, -0.2) is 16.5 Å². The Kier molecular flexibility index (Phi) is 3.45. The van der Waals surface area contributed by atoms with Gasteiger partial charge in [-0.05, 0) is 12.3 Å². The summed E-state index contributed by atoms with van der Waals surface area (Å²) in [6.45, 7) is 8.81. The summed E-state index contributed by atoms with van der Waals surface area (Å²) in [6.07, 6.45) is 1.61. The maximum atomic E-state index is 8.73. The molecule has 5 nitrogen and oxygen atoms in total. The molecule has 0 radical (unpaired) electrons. The first-order chi connectivity index (χ1) is 7.33. The van der Waals surface area contributed by atoms with Crippen LogP contribution in [0.15, 0.2) is 6.20 Å². The average molecular weight is 219 g/mol. The lowest BCUT2D eigenvalue weighted by molar-refractivity contribution is 0.410. The number of anilines is 1. The molecule has 0 aliphatic heterocycles. The van der Waals surface area contributed by atoms with Gasteiger partial charge in [0.25, 0.3) is 0 Å². The van der Waals surface area contributed by atoms with Gasteiger partial charge in [-0.25, -0.2) is 10.8 Å². The van der Waals surface area contributed by atoms with Crippen LogP contribution in [0.1, 0.15) is 32.2 Å². The second-order valence-electron chi connectivity index (χ2n) is 5.00. The van der Waals surface area contributed by atoms with E-state index in [2.05, 4.69) is 30.7 Å². The fraction of sp³-hybridized carbons (Fsp3) is 0.545. The Bertz CT molecular complexity index is 413. The minimum atomic E-state index is 0.0684. The van der Waals surface area contributed by atoms with Crippen molar-refractivity contribution in [2.75, 3.05) is 11.6 Å². The molecule has 1 aromatic rings. The summed E-state index contributed by atoms with van der Waals surface area (Å²) in [5.41, 5.74) is 0.935. The van der Waals surface area contributed by atoms with Crippen LogP contribution >= 0.6 is 0 Å². The van der Waals surface area contributed by atoms with Crippen molar-refractivity contribution in [1.29, 1.82) is 5.26 Å². The van der Waals surface area contributed by atoms with Crippen molar-refractivity contribution in [3.05, 3.63) is 17.6 Å². The average Bonchev–Trinajstić information content (AvgIpc) is 2.15. The number of hydrogen-bond acceptors (Lipinski definition) is 5. The highest BCUT2D eigenvalue weighted by Gasteiger charge is 2.17. The van der Waals surface area contributed by atoms with Crippen molar-refractivity contribution < 1.29 is 0 Å². The zero-order valence-corrected chi connectivity index (χ0v) is 10.2. The monoisotopic (exact) mass is 219 g/mol. The third-order valence-electron chi connectivity index (χ3n) is 1.96. The smallest absolute Gasteiger partial charge is 0.234 e. The topological polar surface area (TPSA) is 78.8 Å². The molecule has 0 amide bonds. The lowest BCUT2D eigenvalue weighted by Gasteiger charge is -2.27. The Hall–Kier alpha value is -1.67. The molecule has 1 rings (SSSR count). The van der Waals surface area contributed by atoms with Gasteiger partial charge in [0.1, 0.15) is 11.9 Å². The Labute approximate surface area is 95.9 Å². The number of rotatable bonds is 2. The number of hydrogen-bond donors (Lipinski definition) is 1. The van der Waals surface area contributed by atoms with Crippen LogP contribution in [-0.2, 0) is 0 Å². The molecule has 5 heteroatoms. The highest BCUT2D eigenvalue weighted by atomic mass is 15.4. The van der Waals surface area contributed by atoms with Gasteiger partial charge in [0, 0.05) is 18.3 Å². The van der Waals surface area contributed by atoms with E-state index in [-0.39, 0.29) is 11.2 Å². The van der Waals surface area contributed by atoms with E-state index >= 15 is 0 Å². The molecule has 2 N–H and O–H groups in total. The molecule has 0 saturated heterocycles. The highest BCUT2D eigenvalue weighted by Crippen LogP contribution is 2.19. The van der Waals surface area contributed by atoms with Crippen molar-refractivity contribution in [3.8, 4) is 6.07 Å². The predicted octanol–water partition coefficient (Wildman–Crippen LogP) is 1.38. The molecule has 1 heterocycles. The summed E-state index contributed by atoms with van der Waals surface area (Å²) in [7, 11) is 0. The SMILES string of the molecule is Cc1cnc(C#N)nc1N(N)CC(C)(C)C. The van der Waals surface area contributed by atoms with Gasteiger partial charge in [0.05, 0.1) is 0 Å². The van der Waals surface area contributed by atoms with Gasteiger partial charge in [-0.1, -0.05) is 20.8 Å². The van der Waals surface area contributed by atoms with Crippen molar-refractivity contribution in [2.24, 2.45) is 11.3 Å². The number of nitrogens with zero attached hydrogens (tertiary/aromatic N) is 4. The maximum Gasteiger partial charge on any atom is 0.234 e. The molecule has 0 aliphatic rings. The van der Waals surface area contributed by atoms with Gasteiger partial charge in [0.2, 0.25) is 5.82 Å². The Morgan fingerprint density at radius 1 is 1.50 bits per heavy atom.